The number of carbonyl (C=O) groups excluding carboxylic acids is 1. The molecule has 0 rings (SSSR count). The lowest BCUT2D eigenvalue weighted by molar-refractivity contribution is -0.115. The van der Waals surface area contributed by atoms with Crippen molar-refractivity contribution in [2.45, 2.75) is 0 Å². The maximum atomic E-state index is 9.72. The summed E-state index contributed by atoms with van der Waals surface area (Å²) in [5.41, 5.74) is 4.66. The quantitative estimate of drug-likeness (QED) is 0.579. The summed E-state index contributed by atoms with van der Waals surface area (Å²) in [5.74, 6) is -0.184. The Morgan fingerprint density at radius 2 is 2.50 bits per heavy atom. The van der Waals surface area contributed by atoms with Crippen LogP contribution in [-0.2, 0) is 4.79 Å². The lowest BCUT2D eigenvalue weighted by Gasteiger charge is -1.79. The van der Waals surface area contributed by atoms with E-state index in [9.17, 15) is 4.79 Å². The number of hydrogen-bond acceptors (Lipinski definition) is 2. The molecule has 0 heterocycles. The Labute approximate surface area is 44.5 Å². The topological polar surface area (TPSA) is 43.1 Å². The van der Waals surface area contributed by atoms with E-state index in [2.05, 4.69) is 5.73 Å². The van der Waals surface area contributed by atoms with Gasteiger partial charge in [0, 0.05) is 0 Å². The molecule has 36 valence electrons. The zero-order chi connectivity index (χ0) is 4.99. The van der Waals surface area contributed by atoms with Gasteiger partial charge < -0.3 is 5.73 Å². The van der Waals surface area contributed by atoms with Gasteiger partial charge in [-0.3, -0.25) is 4.79 Å². The van der Waals surface area contributed by atoms with Gasteiger partial charge in [-0.25, -0.2) is 0 Å². The second-order valence-corrected chi connectivity index (χ2v) is 1.88. The van der Waals surface area contributed by atoms with Crippen molar-refractivity contribution in [3.63, 3.8) is 0 Å². The van der Waals surface area contributed by atoms with Gasteiger partial charge in [-0.1, -0.05) is 0 Å². The van der Waals surface area contributed by atoms with Crippen LogP contribution in [0.2, 0.25) is 0 Å². The molecule has 4 heteroatoms. The van der Waals surface area contributed by atoms with Crippen LogP contribution in [0.4, 0.5) is 0 Å². The van der Waals surface area contributed by atoms with Gasteiger partial charge in [-0.05, 0) is 21.7 Å². The predicted molar refractivity (Wildman–Crippen MR) is 27.5 cm³/mol. The molecule has 0 unspecified atom stereocenters. The molecule has 0 aliphatic carbocycles. The number of primary amides is 1. The molecule has 0 saturated carbocycles. The molecule has 1 amide bonds. The van der Waals surface area contributed by atoms with Crippen LogP contribution in [0.25, 0.3) is 0 Å². The maximum Gasteiger partial charge on any atom is 0.228 e. The summed E-state index contributed by atoms with van der Waals surface area (Å²) in [4.78, 5) is 9.72. The highest BCUT2D eigenvalue weighted by molar-refractivity contribution is 8.21. The summed E-state index contributed by atoms with van der Waals surface area (Å²) in [6.07, 6.45) is 0. The van der Waals surface area contributed by atoms with Crippen LogP contribution < -0.4 is 5.73 Å². The summed E-state index contributed by atoms with van der Waals surface area (Å²) >= 11 is 0. The average Bonchev–Trinajstić information content (AvgIpc) is 1.35. The molecule has 0 fully saturated rings. The van der Waals surface area contributed by atoms with E-state index in [0.29, 0.717) is 0 Å². The Morgan fingerprint density at radius 3 is 2.50 bits per heavy atom. The summed E-state index contributed by atoms with van der Waals surface area (Å²) in [5, 5.41) is 0. The Balaban J connectivity index is 2.83. The van der Waals surface area contributed by atoms with Gasteiger partial charge in [0.15, 0.2) is 0 Å². The second kappa shape index (κ2) is 3.31. The van der Waals surface area contributed by atoms with E-state index in [1.807, 2.05) is 0 Å². The van der Waals surface area contributed by atoms with Gasteiger partial charge in [-0.15, -0.1) is 0 Å². The highest BCUT2D eigenvalue weighted by Gasteiger charge is 1.86. The third kappa shape index (κ3) is 4.11. The fraction of sp³-hybridized carbons (Fsp3) is 0.500. The highest BCUT2D eigenvalue weighted by atomic mass is 35.7. The highest BCUT2D eigenvalue weighted by Crippen LogP contribution is 2.02. The molecule has 0 aromatic carbocycles. The van der Waals surface area contributed by atoms with Crippen LogP contribution in [0.1, 0.15) is 0 Å². The molecule has 2 N–H and O–H groups in total. The summed E-state index contributed by atoms with van der Waals surface area (Å²) in [7, 11) is 5.92. The first-order chi connectivity index (χ1) is 2.77. The molecule has 0 bridgehead atoms. The van der Waals surface area contributed by atoms with Crippen LogP contribution in [0, 0.1) is 0 Å². The number of halogens is 1. The van der Waals surface area contributed by atoms with E-state index in [0.717, 1.165) is 11.0 Å². The van der Waals surface area contributed by atoms with E-state index in [1.165, 1.54) is 0 Å². The van der Waals surface area contributed by atoms with Crippen molar-refractivity contribution in [1.29, 1.82) is 0 Å². The molecule has 6 heavy (non-hydrogen) atoms. The number of hydrogen-bond donors (Lipinski definition) is 1. The summed E-state index contributed by atoms with van der Waals surface area (Å²) < 4.78 is 0. The fourth-order valence-electron chi connectivity index (χ4n) is 0.0538. The molecular formula is C2H4ClNOS. The van der Waals surface area contributed by atoms with Gasteiger partial charge in [0.1, 0.15) is 0 Å². The number of nitrogens with two attached hydrogens (primary N) is 1. The van der Waals surface area contributed by atoms with E-state index in [-0.39, 0.29) is 11.7 Å². The minimum Gasteiger partial charge on any atom is -0.369 e. The lowest BCUT2D eigenvalue weighted by atomic mass is 10.8. The van der Waals surface area contributed by atoms with Crippen molar-refractivity contribution in [1.82, 2.24) is 0 Å². The third-order valence-corrected chi connectivity index (χ3v) is 0.918. The minimum absolute atomic E-state index is 0.196. The zero-order valence-electron chi connectivity index (χ0n) is 2.98. The van der Waals surface area contributed by atoms with E-state index >= 15 is 0 Å². The summed E-state index contributed by atoms with van der Waals surface area (Å²) in [6, 6.07) is 0. The maximum absolute atomic E-state index is 9.72. The molecular weight excluding hydrogens is 122 g/mol. The van der Waals surface area contributed by atoms with Gasteiger partial charge in [0.2, 0.25) is 5.91 Å². The summed E-state index contributed by atoms with van der Waals surface area (Å²) in [6.45, 7) is 0. The number of amides is 1. The van der Waals surface area contributed by atoms with Crippen LogP contribution in [0.15, 0.2) is 0 Å². The van der Waals surface area contributed by atoms with Gasteiger partial charge in [0.25, 0.3) is 0 Å². The number of carbonyl (C=O) groups is 1. The first-order valence-corrected chi connectivity index (χ1v) is 3.10. The van der Waals surface area contributed by atoms with Crippen LogP contribution in [0.3, 0.4) is 0 Å². The fourth-order valence-corrected chi connectivity index (χ4v) is 0.484. The van der Waals surface area contributed by atoms with Gasteiger partial charge >= 0.3 is 0 Å². The SMILES string of the molecule is NC(=O)CSCl. The molecule has 2 nitrogen and oxygen atoms in total. The minimum atomic E-state index is -0.380. The van der Waals surface area contributed by atoms with Crippen LogP contribution >= 0.6 is 21.7 Å². The smallest absolute Gasteiger partial charge is 0.228 e. The normalized spacial score (nSPS) is 8.17. The zero-order valence-corrected chi connectivity index (χ0v) is 4.55. The monoisotopic (exact) mass is 125 g/mol. The Bertz CT molecular complexity index is 57.5. The molecule has 0 aliphatic heterocycles. The molecule has 0 saturated heterocycles. The standard InChI is InChI=1S/C2H4ClNOS/c3-6-1-2(4)5/h1H2,(H2,4,5). The van der Waals surface area contributed by atoms with E-state index < -0.39 is 0 Å². The van der Waals surface area contributed by atoms with Crippen molar-refractivity contribution < 1.29 is 4.79 Å². The molecule has 0 spiro atoms. The second-order valence-electron chi connectivity index (χ2n) is 0.720. The van der Waals surface area contributed by atoms with Crippen molar-refractivity contribution >= 4 is 27.6 Å². The Hall–Kier alpha value is 0.110. The van der Waals surface area contributed by atoms with Crippen molar-refractivity contribution in [2.75, 3.05) is 5.75 Å². The molecule has 0 radical (unpaired) electrons. The number of rotatable bonds is 2. The molecule has 0 aromatic heterocycles. The van der Waals surface area contributed by atoms with Gasteiger partial charge in [0.05, 0.1) is 5.75 Å². The largest absolute Gasteiger partial charge is 0.369 e. The first kappa shape index (κ1) is 6.11. The van der Waals surface area contributed by atoms with Gasteiger partial charge in [-0.2, -0.15) is 0 Å². The van der Waals surface area contributed by atoms with Crippen molar-refractivity contribution in [2.24, 2.45) is 5.73 Å². The van der Waals surface area contributed by atoms with Crippen molar-refractivity contribution in [3.8, 4) is 0 Å². The van der Waals surface area contributed by atoms with Crippen LogP contribution in [-0.4, -0.2) is 11.7 Å². The molecule has 0 aromatic rings. The molecule has 0 atom stereocenters. The first-order valence-electron chi connectivity index (χ1n) is 1.29. The third-order valence-electron chi connectivity index (χ3n) is 0.197. The average molecular weight is 126 g/mol. The molecule has 0 aliphatic rings. The Kier molecular flexibility index (Phi) is 3.37. The van der Waals surface area contributed by atoms with Crippen molar-refractivity contribution in [3.05, 3.63) is 0 Å². The Morgan fingerprint density at radius 1 is 2.00 bits per heavy atom. The van der Waals surface area contributed by atoms with Crippen LogP contribution in [0.5, 0.6) is 0 Å². The predicted octanol–water partition coefficient (Wildman–Crippen LogP) is 0.359. The lowest BCUT2D eigenvalue weighted by Crippen LogP contribution is -2.11. The van der Waals surface area contributed by atoms with E-state index in [1.54, 1.807) is 0 Å². The van der Waals surface area contributed by atoms with E-state index in [4.69, 9.17) is 10.7 Å².